The Morgan fingerprint density at radius 2 is 1.83 bits per heavy atom. The molecule has 0 aliphatic carbocycles. The molecule has 6 heteroatoms. The Bertz CT molecular complexity index is 682. The zero-order valence-electron chi connectivity index (χ0n) is 13.5. The van der Waals surface area contributed by atoms with E-state index in [-0.39, 0.29) is 5.91 Å². The molecule has 126 valence electrons. The highest BCUT2D eigenvalue weighted by Gasteiger charge is 2.13. The van der Waals surface area contributed by atoms with E-state index in [0.29, 0.717) is 17.3 Å². The summed E-state index contributed by atoms with van der Waals surface area (Å²) in [6, 6.07) is 7.44. The minimum absolute atomic E-state index is 0.246. The van der Waals surface area contributed by atoms with Crippen molar-refractivity contribution in [3.8, 4) is 0 Å². The van der Waals surface area contributed by atoms with E-state index in [1.807, 2.05) is 18.2 Å². The van der Waals surface area contributed by atoms with Gasteiger partial charge in [0.1, 0.15) is 11.5 Å². The minimum Gasteiger partial charge on any atom is -0.355 e. The van der Waals surface area contributed by atoms with Crippen LogP contribution in [0.3, 0.4) is 0 Å². The van der Waals surface area contributed by atoms with E-state index in [1.54, 1.807) is 18.5 Å². The summed E-state index contributed by atoms with van der Waals surface area (Å²) in [5.41, 5.74) is 1.20. The highest BCUT2D eigenvalue weighted by molar-refractivity contribution is 6.31. The maximum absolute atomic E-state index is 12.2. The van der Waals surface area contributed by atoms with Crippen molar-refractivity contribution < 1.29 is 4.79 Å². The number of hydrogen-bond acceptors (Lipinski definition) is 4. The smallest absolute Gasteiger partial charge is 0.271 e. The van der Waals surface area contributed by atoms with Crippen molar-refractivity contribution in [1.82, 2.24) is 15.3 Å². The lowest BCUT2D eigenvalue weighted by molar-refractivity contribution is 0.0945. The Kier molecular flexibility index (Phi) is 5.64. The predicted molar refractivity (Wildman–Crippen MR) is 95.3 cm³/mol. The first-order valence-electron chi connectivity index (χ1n) is 8.32. The molecule has 1 N–H and O–H groups in total. The summed E-state index contributed by atoms with van der Waals surface area (Å²) in [5, 5.41) is 3.46. The fraction of sp³-hybridized carbons (Fsp3) is 0.389. The molecule has 5 nitrogen and oxygen atoms in total. The van der Waals surface area contributed by atoms with E-state index in [9.17, 15) is 4.79 Å². The van der Waals surface area contributed by atoms with Gasteiger partial charge in [-0.1, -0.05) is 42.6 Å². The molecule has 1 aromatic carbocycles. The average Bonchev–Trinajstić information content (AvgIpc) is 2.90. The lowest BCUT2D eigenvalue weighted by Crippen LogP contribution is -2.27. The number of rotatable bonds is 4. The van der Waals surface area contributed by atoms with Crippen molar-refractivity contribution in [1.29, 1.82) is 0 Å². The van der Waals surface area contributed by atoms with E-state index in [0.717, 1.165) is 24.5 Å². The van der Waals surface area contributed by atoms with Crippen LogP contribution in [0.15, 0.2) is 36.7 Å². The Hall–Kier alpha value is -2.14. The molecule has 0 saturated carbocycles. The zero-order valence-corrected chi connectivity index (χ0v) is 14.3. The van der Waals surface area contributed by atoms with Gasteiger partial charge in [-0.15, -0.1) is 0 Å². The van der Waals surface area contributed by atoms with Crippen molar-refractivity contribution in [2.45, 2.75) is 32.2 Å². The molecular weight excluding hydrogens is 324 g/mol. The lowest BCUT2D eigenvalue weighted by Gasteiger charge is -2.20. The third kappa shape index (κ3) is 4.23. The summed E-state index contributed by atoms with van der Waals surface area (Å²) in [6.45, 7) is 2.38. The number of nitrogens with zero attached hydrogens (tertiary/aromatic N) is 3. The van der Waals surface area contributed by atoms with Gasteiger partial charge in [-0.05, 0) is 24.5 Å². The van der Waals surface area contributed by atoms with E-state index >= 15 is 0 Å². The van der Waals surface area contributed by atoms with Crippen molar-refractivity contribution in [2.75, 3.05) is 18.0 Å². The molecule has 1 aromatic heterocycles. The molecule has 0 radical (unpaired) electrons. The first kappa shape index (κ1) is 16.7. The Labute approximate surface area is 147 Å². The summed E-state index contributed by atoms with van der Waals surface area (Å²) >= 11 is 6.09. The molecule has 1 aliphatic heterocycles. The summed E-state index contributed by atoms with van der Waals surface area (Å²) in [5.74, 6) is 0.601. The van der Waals surface area contributed by atoms with Gasteiger partial charge in [0, 0.05) is 24.7 Å². The Morgan fingerprint density at radius 1 is 1.08 bits per heavy atom. The molecule has 2 heterocycles. The van der Waals surface area contributed by atoms with Crippen molar-refractivity contribution in [3.63, 3.8) is 0 Å². The second-order valence-corrected chi connectivity index (χ2v) is 6.34. The SMILES string of the molecule is O=C(NCc1ccccc1Cl)c1cnc(N2CCCCCC2)cn1. The monoisotopic (exact) mass is 344 g/mol. The highest BCUT2D eigenvalue weighted by atomic mass is 35.5. The van der Waals surface area contributed by atoms with Crippen molar-refractivity contribution in [2.24, 2.45) is 0 Å². The fourth-order valence-corrected chi connectivity index (χ4v) is 3.01. The van der Waals surface area contributed by atoms with E-state index in [2.05, 4.69) is 20.2 Å². The number of carbonyl (C=O) groups is 1. The molecule has 24 heavy (non-hydrogen) atoms. The second kappa shape index (κ2) is 8.11. The first-order valence-corrected chi connectivity index (χ1v) is 8.70. The maximum atomic E-state index is 12.2. The van der Waals surface area contributed by atoms with Crippen molar-refractivity contribution >= 4 is 23.3 Å². The summed E-state index contributed by atoms with van der Waals surface area (Å²) in [4.78, 5) is 23.1. The number of nitrogens with one attached hydrogen (secondary N) is 1. The van der Waals surface area contributed by atoms with E-state index in [1.165, 1.54) is 25.7 Å². The third-order valence-corrected chi connectivity index (χ3v) is 4.57. The molecular formula is C18H21ClN4O. The van der Waals surface area contributed by atoms with Crippen LogP contribution in [-0.4, -0.2) is 29.0 Å². The topological polar surface area (TPSA) is 58.1 Å². The van der Waals surface area contributed by atoms with Crippen LogP contribution in [0.5, 0.6) is 0 Å². The number of halogens is 1. The van der Waals surface area contributed by atoms with Gasteiger partial charge in [0.25, 0.3) is 5.91 Å². The zero-order chi connectivity index (χ0) is 16.8. The molecule has 0 atom stereocenters. The van der Waals surface area contributed by atoms with E-state index < -0.39 is 0 Å². The van der Waals surface area contributed by atoms with E-state index in [4.69, 9.17) is 11.6 Å². The molecule has 1 fully saturated rings. The van der Waals surface area contributed by atoms with Gasteiger partial charge in [0.15, 0.2) is 0 Å². The molecule has 0 spiro atoms. The van der Waals surface area contributed by atoms with Crippen LogP contribution in [-0.2, 0) is 6.54 Å². The fourth-order valence-electron chi connectivity index (χ4n) is 2.81. The number of amides is 1. The molecule has 1 saturated heterocycles. The van der Waals surface area contributed by atoms with Crippen LogP contribution < -0.4 is 10.2 Å². The van der Waals surface area contributed by atoms with Gasteiger partial charge in [0.2, 0.25) is 0 Å². The molecule has 1 amide bonds. The molecule has 1 aliphatic rings. The lowest BCUT2D eigenvalue weighted by atomic mass is 10.2. The van der Waals surface area contributed by atoms with Crippen LogP contribution in [0.4, 0.5) is 5.82 Å². The van der Waals surface area contributed by atoms with Gasteiger partial charge < -0.3 is 10.2 Å². The average molecular weight is 345 g/mol. The Morgan fingerprint density at radius 3 is 2.50 bits per heavy atom. The van der Waals surface area contributed by atoms with Gasteiger partial charge in [0.05, 0.1) is 12.4 Å². The van der Waals surface area contributed by atoms with Crippen molar-refractivity contribution in [3.05, 3.63) is 52.9 Å². The van der Waals surface area contributed by atoms with Crippen LogP contribution in [0.1, 0.15) is 41.7 Å². The van der Waals surface area contributed by atoms with Crippen LogP contribution in [0.2, 0.25) is 5.02 Å². The number of carbonyl (C=O) groups excluding carboxylic acids is 1. The highest BCUT2D eigenvalue weighted by Crippen LogP contribution is 2.17. The van der Waals surface area contributed by atoms with Crippen LogP contribution in [0.25, 0.3) is 0 Å². The third-order valence-electron chi connectivity index (χ3n) is 4.20. The second-order valence-electron chi connectivity index (χ2n) is 5.94. The summed E-state index contributed by atoms with van der Waals surface area (Å²) in [6.07, 6.45) is 8.14. The first-order chi connectivity index (χ1) is 11.7. The largest absolute Gasteiger partial charge is 0.355 e. The van der Waals surface area contributed by atoms with Crippen LogP contribution >= 0.6 is 11.6 Å². The van der Waals surface area contributed by atoms with Gasteiger partial charge >= 0.3 is 0 Å². The maximum Gasteiger partial charge on any atom is 0.271 e. The van der Waals surface area contributed by atoms with Gasteiger partial charge in [-0.3, -0.25) is 4.79 Å². The number of benzene rings is 1. The molecule has 0 bridgehead atoms. The molecule has 0 unspecified atom stereocenters. The predicted octanol–water partition coefficient (Wildman–Crippen LogP) is 3.44. The quantitative estimate of drug-likeness (QED) is 0.923. The number of hydrogen-bond donors (Lipinski definition) is 1. The summed E-state index contributed by atoms with van der Waals surface area (Å²) in [7, 11) is 0. The Balaban J connectivity index is 1.60. The number of anilines is 1. The normalized spacial score (nSPS) is 15.0. The minimum atomic E-state index is -0.246. The van der Waals surface area contributed by atoms with Crippen LogP contribution in [0, 0.1) is 0 Å². The number of aromatic nitrogens is 2. The van der Waals surface area contributed by atoms with Gasteiger partial charge in [-0.25, -0.2) is 9.97 Å². The molecule has 2 aromatic rings. The standard InChI is InChI=1S/C18H21ClN4O/c19-15-8-4-3-7-14(15)11-22-18(24)16-12-21-17(13-20-16)23-9-5-1-2-6-10-23/h3-4,7-8,12-13H,1-2,5-6,9-11H2,(H,22,24). The van der Waals surface area contributed by atoms with Gasteiger partial charge in [-0.2, -0.15) is 0 Å². The molecule has 3 rings (SSSR count). The summed E-state index contributed by atoms with van der Waals surface area (Å²) < 4.78 is 0.